The Hall–Kier alpha value is -4.59. The molecule has 184 valence electrons. The Morgan fingerprint density at radius 2 is 1.78 bits per heavy atom. The molecule has 1 aromatic heterocycles. The summed E-state index contributed by atoms with van der Waals surface area (Å²) in [6.45, 7) is 5.46. The van der Waals surface area contributed by atoms with Gasteiger partial charge in [0.25, 0.3) is 5.69 Å². The second-order valence-corrected chi connectivity index (χ2v) is 8.41. The van der Waals surface area contributed by atoms with E-state index in [2.05, 4.69) is 5.32 Å². The SMILES string of the molecule is COc1ccc(-c2coc3c(C)c(OC)c(/C(C)=C/C(=O)Nc4ccc([N+](=O)[O-])cc4C)cc23)cc1. The number of nitrogens with zero attached hydrogens (tertiary/aromatic N) is 1. The zero-order chi connectivity index (χ0) is 26.0. The molecule has 0 saturated heterocycles. The fraction of sp³-hybridized carbons (Fsp3) is 0.179. The maximum Gasteiger partial charge on any atom is 0.269 e. The van der Waals surface area contributed by atoms with Crippen LogP contribution in [0.3, 0.4) is 0 Å². The number of fused-ring (bicyclic) bond motifs is 1. The van der Waals surface area contributed by atoms with Crippen molar-refractivity contribution in [1.82, 2.24) is 0 Å². The molecule has 0 bridgehead atoms. The Kier molecular flexibility index (Phi) is 6.78. The minimum atomic E-state index is -0.469. The minimum absolute atomic E-state index is 0.0292. The number of amides is 1. The van der Waals surface area contributed by atoms with Crippen LogP contribution in [-0.4, -0.2) is 25.1 Å². The summed E-state index contributed by atoms with van der Waals surface area (Å²) in [4.78, 5) is 23.3. The van der Waals surface area contributed by atoms with Gasteiger partial charge in [0.15, 0.2) is 0 Å². The molecule has 0 spiro atoms. The van der Waals surface area contributed by atoms with Gasteiger partial charge in [0, 0.05) is 46.0 Å². The zero-order valence-electron chi connectivity index (χ0n) is 20.7. The maximum absolute atomic E-state index is 12.8. The van der Waals surface area contributed by atoms with Gasteiger partial charge < -0.3 is 19.2 Å². The number of anilines is 1. The van der Waals surface area contributed by atoms with E-state index in [1.54, 1.807) is 27.4 Å². The van der Waals surface area contributed by atoms with Crippen molar-refractivity contribution in [3.63, 3.8) is 0 Å². The molecule has 4 aromatic rings. The number of furan rings is 1. The molecule has 4 rings (SSSR count). The van der Waals surface area contributed by atoms with Crippen LogP contribution in [0.4, 0.5) is 11.4 Å². The van der Waals surface area contributed by atoms with Gasteiger partial charge >= 0.3 is 0 Å². The lowest BCUT2D eigenvalue weighted by Gasteiger charge is -2.14. The van der Waals surface area contributed by atoms with Gasteiger partial charge in [-0.3, -0.25) is 14.9 Å². The molecule has 0 unspecified atom stereocenters. The predicted molar refractivity (Wildman–Crippen MR) is 140 cm³/mol. The van der Waals surface area contributed by atoms with Crippen LogP contribution in [-0.2, 0) is 4.79 Å². The highest BCUT2D eigenvalue weighted by atomic mass is 16.6. The van der Waals surface area contributed by atoms with Gasteiger partial charge in [-0.15, -0.1) is 0 Å². The van der Waals surface area contributed by atoms with Crippen LogP contribution in [0.5, 0.6) is 11.5 Å². The monoisotopic (exact) mass is 486 g/mol. The summed E-state index contributed by atoms with van der Waals surface area (Å²) in [5, 5.41) is 14.7. The highest BCUT2D eigenvalue weighted by Gasteiger charge is 2.19. The number of carbonyl (C=O) groups excluding carboxylic acids is 1. The van der Waals surface area contributed by atoms with Crippen LogP contribution < -0.4 is 14.8 Å². The number of aryl methyl sites for hydroxylation is 2. The van der Waals surface area contributed by atoms with Crippen LogP contribution in [0.2, 0.25) is 0 Å². The molecule has 3 aromatic carbocycles. The number of allylic oxidation sites excluding steroid dienone is 1. The first-order chi connectivity index (χ1) is 17.2. The van der Waals surface area contributed by atoms with E-state index >= 15 is 0 Å². The molecule has 8 nitrogen and oxygen atoms in total. The van der Waals surface area contributed by atoms with Gasteiger partial charge in [-0.1, -0.05) is 12.1 Å². The van der Waals surface area contributed by atoms with Gasteiger partial charge in [-0.05, 0) is 61.7 Å². The molecular formula is C28H26N2O6. The number of benzene rings is 3. The molecule has 0 aliphatic carbocycles. The Balaban J connectivity index is 1.71. The van der Waals surface area contributed by atoms with E-state index in [1.165, 1.54) is 24.3 Å². The molecule has 0 radical (unpaired) electrons. The van der Waals surface area contributed by atoms with Gasteiger partial charge in [0.2, 0.25) is 5.91 Å². The molecule has 1 N–H and O–H groups in total. The number of non-ortho nitro benzene ring substituents is 1. The lowest BCUT2D eigenvalue weighted by Crippen LogP contribution is -2.10. The third kappa shape index (κ3) is 4.65. The summed E-state index contributed by atoms with van der Waals surface area (Å²) in [7, 11) is 3.21. The molecule has 0 aliphatic heterocycles. The van der Waals surface area contributed by atoms with Crippen LogP contribution >= 0.6 is 0 Å². The summed E-state index contributed by atoms with van der Waals surface area (Å²) in [6.07, 6.45) is 3.20. The number of hydrogen-bond acceptors (Lipinski definition) is 6. The summed E-state index contributed by atoms with van der Waals surface area (Å²) in [5.41, 5.74) is 5.94. The van der Waals surface area contributed by atoms with Crippen LogP contribution in [0, 0.1) is 24.0 Å². The first kappa shape index (κ1) is 24.5. The molecule has 1 heterocycles. The Bertz CT molecular complexity index is 1500. The van der Waals surface area contributed by atoms with Crippen molar-refractivity contribution >= 4 is 33.8 Å². The van der Waals surface area contributed by atoms with E-state index in [0.717, 1.165) is 33.4 Å². The molecule has 1 amide bonds. The Morgan fingerprint density at radius 1 is 1.06 bits per heavy atom. The van der Waals surface area contributed by atoms with Crippen molar-refractivity contribution in [2.45, 2.75) is 20.8 Å². The van der Waals surface area contributed by atoms with E-state index in [9.17, 15) is 14.9 Å². The lowest BCUT2D eigenvalue weighted by atomic mass is 9.96. The molecule has 36 heavy (non-hydrogen) atoms. The first-order valence-corrected chi connectivity index (χ1v) is 11.2. The number of nitro benzene ring substituents is 1. The Labute approximate surface area is 208 Å². The minimum Gasteiger partial charge on any atom is -0.497 e. The highest BCUT2D eigenvalue weighted by molar-refractivity contribution is 6.06. The summed E-state index contributed by atoms with van der Waals surface area (Å²) in [6, 6.07) is 14.0. The van der Waals surface area contributed by atoms with Gasteiger partial charge in [0.05, 0.1) is 25.4 Å². The lowest BCUT2D eigenvalue weighted by molar-refractivity contribution is -0.384. The molecule has 8 heteroatoms. The number of hydrogen-bond donors (Lipinski definition) is 1. The highest BCUT2D eigenvalue weighted by Crippen LogP contribution is 2.40. The fourth-order valence-electron chi connectivity index (χ4n) is 4.21. The van der Waals surface area contributed by atoms with Crippen molar-refractivity contribution in [2.24, 2.45) is 0 Å². The molecule has 0 aliphatic rings. The maximum atomic E-state index is 12.8. The third-order valence-electron chi connectivity index (χ3n) is 6.10. The number of nitrogens with one attached hydrogen (secondary N) is 1. The van der Waals surface area contributed by atoms with Gasteiger partial charge in [-0.25, -0.2) is 0 Å². The zero-order valence-corrected chi connectivity index (χ0v) is 20.7. The molecule has 0 fully saturated rings. The van der Waals surface area contributed by atoms with Gasteiger partial charge in [0.1, 0.15) is 17.1 Å². The Morgan fingerprint density at radius 3 is 2.39 bits per heavy atom. The number of nitro groups is 1. The van der Waals surface area contributed by atoms with E-state index < -0.39 is 4.92 Å². The van der Waals surface area contributed by atoms with Crippen molar-refractivity contribution in [2.75, 3.05) is 19.5 Å². The van der Waals surface area contributed by atoms with Crippen LogP contribution in [0.15, 0.2) is 65.3 Å². The predicted octanol–water partition coefficient (Wildman–Crippen LogP) is 6.68. The van der Waals surface area contributed by atoms with Crippen molar-refractivity contribution in [3.8, 4) is 22.6 Å². The molecule has 0 saturated carbocycles. The fourth-order valence-corrected chi connectivity index (χ4v) is 4.21. The average Bonchev–Trinajstić information content (AvgIpc) is 3.29. The quantitative estimate of drug-likeness (QED) is 0.177. The standard InChI is InChI=1S/C28H26N2O6/c1-16(13-26(31)29-25-11-8-20(30(32)33)12-17(25)2)22-14-23-24(19-6-9-21(34-4)10-7-19)15-36-28(23)18(3)27(22)35-5/h6-15H,1-5H3,(H,29,31)/b16-13+. The van der Waals surface area contributed by atoms with E-state index in [4.69, 9.17) is 13.9 Å². The largest absolute Gasteiger partial charge is 0.497 e. The van der Waals surface area contributed by atoms with E-state index in [0.29, 0.717) is 28.2 Å². The number of carbonyl (C=O) groups is 1. The van der Waals surface area contributed by atoms with Crippen molar-refractivity contribution in [1.29, 1.82) is 0 Å². The second-order valence-electron chi connectivity index (χ2n) is 8.41. The normalized spacial score (nSPS) is 11.4. The molecule has 0 atom stereocenters. The summed E-state index contributed by atoms with van der Waals surface area (Å²) in [5.74, 6) is 1.02. The average molecular weight is 487 g/mol. The number of methoxy groups -OCH3 is 2. The first-order valence-electron chi connectivity index (χ1n) is 11.2. The number of rotatable bonds is 7. The van der Waals surface area contributed by atoms with E-state index in [-0.39, 0.29) is 11.6 Å². The summed E-state index contributed by atoms with van der Waals surface area (Å²) >= 11 is 0. The van der Waals surface area contributed by atoms with Gasteiger partial charge in [-0.2, -0.15) is 0 Å². The topological polar surface area (TPSA) is 104 Å². The number of ether oxygens (including phenoxy) is 2. The van der Waals surface area contributed by atoms with Crippen molar-refractivity contribution < 1.29 is 23.6 Å². The van der Waals surface area contributed by atoms with Crippen LogP contribution in [0.1, 0.15) is 23.6 Å². The van der Waals surface area contributed by atoms with Crippen molar-refractivity contribution in [3.05, 3.63) is 87.7 Å². The third-order valence-corrected chi connectivity index (χ3v) is 6.10. The van der Waals surface area contributed by atoms with Crippen LogP contribution in [0.25, 0.3) is 27.7 Å². The second kappa shape index (κ2) is 9.95. The smallest absolute Gasteiger partial charge is 0.269 e. The molecular weight excluding hydrogens is 460 g/mol. The summed E-state index contributed by atoms with van der Waals surface area (Å²) < 4.78 is 16.9. The van der Waals surface area contributed by atoms with E-state index in [1.807, 2.05) is 44.2 Å².